The average molecular weight is 434 g/mol. The van der Waals surface area contributed by atoms with Crippen LogP contribution in [-0.2, 0) is 10.2 Å². The Kier molecular flexibility index (Phi) is 7.59. The number of amides is 1. The second kappa shape index (κ2) is 10.2. The summed E-state index contributed by atoms with van der Waals surface area (Å²) < 4.78 is 0. The number of nitrogens with zero attached hydrogens (tertiary/aromatic N) is 3. The first kappa shape index (κ1) is 23.1. The number of rotatable bonds is 9. The highest BCUT2D eigenvalue weighted by Gasteiger charge is 2.55. The van der Waals surface area contributed by atoms with Gasteiger partial charge in [-0.1, -0.05) is 88.4 Å². The van der Waals surface area contributed by atoms with E-state index >= 15 is 0 Å². The van der Waals surface area contributed by atoms with Gasteiger partial charge in [0, 0.05) is 18.3 Å². The van der Waals surface area contributed by atoms with E-state index in [1.165, 1.54) is 0 Å². The van der Waals surface area contributed by atoms with E-state index in [-0.39, 0.29) is 11.2 Å². The summed E-state index contributed by atoms with van der Waals surface area (Å²) >= 11 is 1.61. The van der Waals surface area contributed by atoms with Crippen LogP contribution in [0.5, 0.6) is 0 Å². The molecule has 3 rings (SSSR count). The molecule has 0 N–H and O–H groups in total. The number of hydrogen-bond donors (Lipinski definition) is 0. The highest BCUT2D eigenvalue weighted by molar-refractivity contribution is 8.03. The van der Waals surface area contributed by atoms with Crippen LogP contribution in [0.25, 0.3) is 0 Å². The summed E-state index contributed by atoms with van der Waals surface area (Å²) in [6, 6.07) is 22.0. The van der Waals surface area contributed by atoms with Crippen molar-refractivity contribution in [2.75, 3.05) is 26.2 Å². The molecular weight excluding hydrogens is 402 g/mol. The number of carbonyl (C=O) groups is 1. The molecule has 0 atom stereocenters. The molecule has 1 aliphatic heterocycles. The van der Waals surface area contributed by atoms with E-state index in [1.54, 1.807) is 11.8 Å². The van der Waals surface area contributed by atoms with Crippen molar-refractivity contribution >= 4 is 17.7 Å². The van der Waals surface area contributed by atoms with E-state index in [9.17, 15) is 10.1 Å². The Hall–Kier alpha value is -2.55. The third-order valence-corrected chi connectivity index (χ3v) is 6.93. The molecule has 2 aromatic rings. The Morgan fingerprint density at radius 3 is 1.94 bits per heavy atom. The van der Waals surface area contributed by atoms with Crippen molar-refractivity contribution in [3.05, 3.63) is 82.4 Å². The number of likely N-dealkylation sites (N-methyl/N-ethyl adjacent to an activating group) is 1. The highest BCUT2D eigenvalue weighted by atomic mass is 32.2. The number of thioether (sulfide) groups is 1. The third kappa shape index (κ3) is 4.28. The summed E-state index contributed by atoms with van der Waals surface area (Å²) in [6.07, 6.45) is 0. The van der Waals surface area contributed by atoms with Crippen molar-refractivity contribution in [2.45, 2.75) is 38.4 Å². The first-order valence-corrected chi connectivity index (χ1v) is 11.8. The molecule has 0 fully saturated rings. The molecule has 0 aliphatic carbocycles. The van der Waals surface area contributed by atoms with Crippen molar-refractivity contribution in [1.29, 1.82) is 5.26 Å². The Morgan fingerprint density at radius 1 is 1.00 bits per heavy atom. The predicted octanol–water partition coefficient (Wildman–Crippen LogP) is 5.03. The zero-order valence-electron chi connectivity index (χ0n) is 18.8. The summed E-state index contributed by atoms with van der Waals surface area (Å²) in [5, 5.41) is 11.5. The Morgan fingerprint density at radius 2 is 1.52 bits per heavy atom. The molecule has 0 bridgehead atoms. The minimum atomic E-state index is -1.11. The van der Waals surface area contributed by atoms with Crippen LogP contribution >= 0.6 is 11.8 Å². The molecule has 0 saturated heterocycles. The van der Waals surface area contributed by atoms with Crippen molar-refractivity contribution < 1.29 is 4.79 Å². The number of carbonyl (C=O) groups excluding carboxylic acids is 1. The van der Waals surface area contributed by atoms with Crippen molar-refractivity contribution in [3.63, 3.8) is 0 Å². The number of hydrogen-bond acceptors (Lipinski definition) is 4. The van der Waals surface area contributed by atoms with Gasteiger partial charge in [-0.2, -0.15) is 5.26 Å². The lowest BCUT2D eigenvalue weighted by atomic mass is 9.70. The minimum absolute atomic E-state index is 0.0308. The highest BCUT2D eigenvalue weighted by Crippen LogP contribution is 2.50. The molecule has 0 saturated carbocycles. The second-order valence-electron chi connectivity index (χ2n) is 7.92. The van der Waals surface area contributed by atoms with E-state index in [1.807, 2.05) is 65.6 Å². The van der Waals surface area contributed by atoms with Crippen LogP contribution in [-0.4, -0.2) is 47.1 Å². The van der Waals surface area contributed by atoms with Crippen LogP contribution in [0.1, 0.15) is 38.8 Å². The zero-order valence-corrected chi connectivity index (χ0v) is 19.7. The lowest BCUT2D eigenvalue weighted by Gasteiger charge is -2.31. The van der Waals surface area contributed by atoms with E-state index in [0.717, 1.165) is 35.8 Å². The largest absolute Gasteiger partial charge is 0.303 e. The van der Waals surface area contributed by atoms with Crippen LogP contribution in [0.4, 0.5) is 0 Å². The van der Waals surface area contributed by atoms with E-state index in [0.29, 0.717) is 12.1 Å². The molecular formula is C26H31N3OS. The van der Waals surface area contributed by atoms with Gasteiger partial charge in [0.15, 0.2) is 0 Å². The topological polar surface area (TPSA) is 47.3 Å². The molecule has 1 heterocycles. The molecule has 4 nitrogen and oxygen atoms in total. The molecule has 31 heavy (non-hydrogen) atoms. The normalized spacial score (nSPS) is 15.8. The average Bonchev–Trinajstić information content (AvgIpc) is 3.03. The molecule has 0 aromatic heterocycles. The Bertz CT molecular complexity index is 920. The van der Waals surface area contributed by atoms with Crippen LogP contribution in [0, 0.1) is 11.3 Å². The van der Waals surface area contributed by atoms with Gasteiger partial charge >= 0.3 is 0 Å². The van der Waals surface area contributed by atoms with Crippen molar-refractivity contribution in [3.8, 4) is 6.07 Å². The molecule has 1 aliphatic rings. The smallest absolute Gasteiger partial charge is 0.247 e. The summed E-state index contributed by atoms with van der Waals surface area (Å²) in [5.74, 6) is -0.0308. The van der Waals surface area contributed by atoms with Crippen LogP contribution < -0.4 is 0 Å². The summed E-state index contributed by atoms with van der Waals surface area (Å²) in [5.41, 5.74) is 1.11. The molecule has 162 valence electrons. The third-order valence-electron chi connectivity index (χ3n) is 5.81. The molecule has 0 unspecified atom stereocenters. The predicted molar refractivity (Wildman–Crippen MR) is 129 cm³/mol. The van der Waals surface area contributed by atoms with Crippen LogP contribution in [0.15, 0.2) is 71.3 Å². The van der Waals surface area contributed by atoms with Gasteiger partial charge in [-0.05, 0) is 24.2 Å². The van der Waals surface area contributed by atoms with E-state index < -0.39 is 5.41 Å². The molecule has 2 aromatic carbocycles. The monoisotopic (exact) mass is 433 g/mol. The quantitative estimate of drug-likeness (QED) is 0.556. The Balaban J connectivity index is 2.23. The van der Waals surface area contributed by atoms with Gasteiger partial charge in [-0.25, -0.2) is 0 Å². The van der Waals surface area contributed by atoms with Gasteiger partial charge in [0.2, 0.25) is 5.91 Å². The van der Waals surface area contributed by atoms with Gasteiger partial charge in [-0.15, -0.1) is 11.8 Å². The zero-order chi connectivity index (χ0) is 22.4. The van der Waals surface area contributed by atoms with E-state index in [2.05, 4.69) is 38.7 Å². The van der Waals surface area contributed by atoms with Gasteiger partial charge in [0.05, 0.1) is 16.7 Å². The number of nitriles is 1. The first-order chi connectivity index (χ1) is 15.0. The summed E-state index contributed by atoms with van der Waals surface area (Å²) in [6.45, 7) is 11.7. The van der Waals surface area contributed by atoms with Gasteiger partial charge in [-0.3, -0.25) is 4.79 Å². The Labute approximate surface area is 190 Å². The second-order valence-corrected chi connectivity index (χ2v) is 9.49. The minimum Gasteiger partial charge on any atom is -0.303 e. The fourth-order valence-electron chi connectivity index (χ4n) is 4.24. The van der Waals surface area contributed by atoms with Crippen LogP contribution in [0.3, 0.4) is 0 Å². The fraction of sp³-hybridized carbons (Fsp3) is 0.385. The molecule has 0 radical (unpaired) electrons. The first-order valence-electron chi connectivity index (χ1n) is 11.0. The summed E-state index contributed by atoms with van der Waals surface area (Å²) in [7, 11) is 0. The van der Waals surface area contributed by atoms with Gasteiger partial charge in [0.1, 0.15) is 5.41 Å². The molecule has 0 spiro atoms. The molecule has 1 amide bonds. The van der Waals surface area contributed by atoms with E-state index in [4.69, 9.17) is 0 Å². The van der Waals surface area contributed by atoms with Crippen molar-refractivity contribution in [2.24, 2.45) is 0 Å². The maximum absolute atomic E-state index is 14.3. The van der Waals surface area contributed by atoms with Crippen LogP contribution in [0.2, 0.25) is 0 Å². The maximum Gasteiger partial charge on any atom is 0.247 e. The molecule has 5 heteroatoms. The van der Waals surface area contributed by atoms with Gasteiger partial charge < -0.3 is 9.80 Å². The fourth-order valence-corrected chi connectivity index (χ4v) is 5.30. The standard InChI is InChI=1S/C26H31N3OS/c1-5-28(6-2)17-18-29-24(31-20(3)4)23(19-27)26(25(29)30,21-13-9-7-10-14-21)22-15-11-8-12-16-22/h7-16,20H,5-6,17-18H2,1-4H3. The summed E-state index contributed by atoms with van der Waals surface area (Å²) in [4.78, 5) is 18.5. The van der Waals surface area contributed by atoms with Crippen molar-refractivity contribution in [1.82, 2.24) is 9.80 Å². The lowest BCUT2D eigenvalue weighted by molar-refractivity contribution is -0.130. The maximum atomic E-state index is 14.3. The van der Waals surface area contributed by atoms with Gasteiger partial charge in [0.25, 0.3) is 0 Å². The SMILES string of the molecule is CCN(CC)CCN1C(=O)C(c2ccccc2)(c2ccccc2)C(C#N)=C1SC(C)C. The number of benzene rings is 2. The lowest BCUT2D eigenvalue weighted by Crippen LogP contribution is -2.44.